The Bertz CT molecular complexity index is 778. The molecule has 0 bridgehead atoms. The Labute approximate surface area is 153 Å². The first-order valence-corrected chi connectivity index (χ1v) is 8.06. The van der Waals surface area contributed by atoms with Gasteiger partial charge in [-0.25, -0.2) is 4.79 Å². The highest BCUT2D eigenvalue weighted by Crippen LogP contribution is 2.32. The van der Waals surface area contributed by atoms with Crippen molar-refractivity contribution in [2.45, 2.75) is 25.2 Å². The number of carbonyl (C=O) groups is 2. The van der Waals surface area contributed by atoms with Crippen LogP contribution in [-0.2, 0) is 33.5 Å². The maximum Gasteiger partial charge on any atom is 0.416 e. The molecule has 0 unspecified atom stereocenters. The number of ether oxygens (including phenoxy) is 1. The number of amides is 1. The Balaban J connectivity index is 1.96. The molecule has 2 aromatic carbocycles. The molecule has 0 aliphatic carbocycles. The average molecular weight is 381 g/mol. The topological polar surface area (TPSA) is 75.6 Å². The fraction of sp³-hybridized carbons (Fsp3) is 0.263. The highest BCUT2D eigenvalue weighted by molar-refractivity contribution is 5.84. The molecule has 0 saturated carbocycles. The maximum atomic E-state index is 13.0. The Kier molecular flexibility index (Phi) is 6.95. The maximum absolute atomic E-state index is 13.0. The molecule has 2 rings (SSSR count). The van der Waals surface area contributed by atoms with Crippen LogP contribution in [0.2, 0.25) is 0 Å². The van der Waals surface area contributed by atoms with Gasteiger partial charge in [0.15, 0.2) is 0 Å². The summed E-state index contributed by atoms with van der Waals surface area (Å²) in [5.74, 6) is -2.15. The number of rotatable bonds is 8. The van der Waals surface area contributed by atoms with Crippen LogP contribution in [0.1, 0.15) is 16.7 Å². The zero-order chi connectivity index (χ0) is 19.9. The molecule has 0 aliphatic heterocycles. The summed E-state index contributed by atoms with van der Waals surface area (Å²) in [4.78, 5) is 23.3. The number of aliphatic carboxylic acids is 1. The Morgan fingerprint density at radius 2 is 1.67 bits per heavy atom. The third kappa shape index (κ3) is 6.41. The highest BCUT2D eigenvalue weighted by atomic mass is 19.4. The minimum absolute atomic E-state index is 0.156. The number of nitrogens with one attached hydrogen (secondary N) is 1. The second-order valence-electron chi connectivity index (χ2n) is 5.80. The van der Waals surface area contributed by atoms with Gasteiger partial charge in [0.25, 0.3) is 0 Å². The molecule has 5 nitrogen and oxygen atoms in total. The first kappa shape index (κ1) is 20.4. The number of carboxylic acid groups (broad SMARTS) is 1. The molecular formula is C19H18F3NO4. The predicted molar refractivity (Wildman–Crippen MR) is 90.8 cm³/mol. The molecule has 0 aromatic heterocycles. The lowest BCUT2D eigenvalue weighted by atomic mass is 10.00. The molecule has 2 aromatic rings. The van der Waals surface area contributed by atoms with E-state index in [9.17, 15) is 27.9 Å². The highest BCUT2D eigenvalue weighted by Gasteiger charge is 2.34. The van der Waals surface area contributed by atoms with Gasteiger partial charge in [0.05, 0.1) is 12.2 Å². The number of hydrogen-bond acceptors (Lipinski definition) is 3. The molecule has 8 heteroatoms. The zero-order valence-electron chi connectivity index (χ0n) is 14.2. The van der Waals surface area contributed by atoms with Gasteiger partial charge in [-0.3, -0.25) is 4.79 Å². The van der Waals surface area contributed by atoms with Crippen LogP contribution in [0.4, 0.5) is 13.2 Å². The van der Waals surface area contributed by atoms with Crippen LogP contribution in [-0.4, -0.2) is 29.6 Å². The minimum Gasteiger partial charge on any atom is -0.480 e. The van der Waals surface area contributed by atoms with Crippen molar-refractivity contribution in [3.63, 3.8) is 0 Å². The van der Waals surface area contributed by atoms with E-state index < -0.39 is 42.7 Å². The monoisotopic (exact) mass is 381 g/mol. The van der Waals surface area contributed by atoms with Crippen LogP contribution >= 0.6 is 0 Å². The number of halogens is 3. The number of alkyl halides is 3. The standard InChI is InChI=1S/C19H18F3NO4/c20-19(21,22)15-9-5-4-8-14(15)10-16(18(25)26)23-17(24)12-27-11-13-6-2-1-3-7-13/h1-9,16H,10-12H2,(H,23,24)(H,25,26)/t16-/m0/s1. The summed E-state index contributed by atoms with van der Waals surface area (Å²) >= 11 is 0. The van der Waals surface area contributed by atoms with Crippen LogP contribution < -0.4 is 5.32 Å². The SMILES string of the molecule is O=C(COCc1ccccc1)N[C@@H](Cc1ccccc1C(F)(F)F)C(=O)O. The quantitative estimate of drug-likeness (QED) is 0.737. The molecule has 1 amide bonds. The van der Waals surface area contributed by atoms with Crippen molar-refractivity contribution in [3.05, 3.63) is 71.3 Å². The van der Waals surface area contributed by atoms with Crippen molar-refractivity contribution < 1.29 is 32.6 Å². The van der Waals surface area contributed by atoms with E-state index in [1.54, 1.807) is 24.3 Å². The van der Waals surface area contributed by atoms with Crippen LogP contribution in [0.15, 0.2) is 54.6 Å². The average Bonchev–Trinajstić information content (AvgIpc) is 2.61. The lowest BCUT2D eigenvalue weighted by Gasteiger charge is -2.18. The second kappa shape index (κ2) is 9.18. The van der Waals surface area contributed by atoms with E-state index in [2.05, 4.69) is 5.32 Å². The first-order chi connectivity index (χ1) is 12.8. The van der Waals surface area contributed by atoms with Gasteiger partial charge in [0.1, 0.15) is 12.6 Å². The molecule has 0 fully saturated rings. The second-order valence-corrected chi connectivity index (χ2v) is 5.80. The Hall–Kier alpha value is -2.87. The number of benzene rings is 2. The van der Waals surface area contributed by atoms with Crippen molar-refractivity contribution in [2.75, 3.05) is 6.61 Å². The van der Waals surface area contributed by atoms with Gasteiger partial charge in [-0.2, -0.15) is 13.2 Å². The fourth-order valence-electron chi connectivity index (χ4n) is 2.47. The largest absolute Gasteiger partial charge is 0.480 e. The molecule has 2 N–H and O–H groups in total. The molecule has 27 heavy (non-hydrogen) atoms. The number of carboxylic acids is 1. The van der Waals surface area contributed by atoms with Crippen LogP contribution in [0, 0.1) is 0 Å². The van der Waals surface area contributed by atoms with Gasteiger partial charge in [0.2, 0.25) is 5.91 Å². The summed E-state index contributed by atoms with van der Waals surface area (Å²) in [5.41, 5.74) is -0.298. The molecule has 0 radical (unpaired) electrons. The normalized spacial score (nSPS) is 12.4. The number of carbonyl (C=O) groups excluding carboxylic acids is 1. The van der Waals surface area contributed by atoms with E-state index in [4.69, 9.17) is 4.74 Å². The van der Waals surface area contributed by atoms with Crippen molar-refractivity contribution in [1.82, 2.24) is 5.32 Å². The van der Waals surface area contributed by atoms with Crippen molar-refractivity contribution in [3.8, 4) is 0 Å². The van der Waals surface area contributed by atoms with E-state index in [0.717, 1.165) is 11.6 Å². The van der Waals surface area contributed by atoms with Crippen LogP contribution in [0.25, 0.3) is 0 Å². The van der Waals surface area contributed by atoms with E-state index in [0.29, 0.717) is 0 Å². The van der Waals surface area contributed by atoms with Gasteiger partial charge in [-0.15, -0.1) is 0 Å². The predicted octanol–water partition coefficient (Wildman–Crippen LogP) is 3.03. The molecule has 0 saturated heterocycles. The Morgan fingerprint density at radius 3 is 2.30 bits per heavy atom. The molecule has 0 spiro atoms. The minimum atomic E-state index is -4.61. The molecule has 0 heterocycles. The van der Waals surface area contributed by atoms with Crippen molar-refractivity contribution >= 4 is 11.9 Å². The van der Waals surface area contributed by atoms with Crippen molar-refractivity contribution in [2.24, 2.45) is 0 Å². The summed E-state index contributed by atoms with van der Waals surface area (Å²) in [6.45, 7) is -0.248. The summed E-state index contributed by atoms with van der Waals surface area (Å²) in [5, 5.41) is 11.4. The van der Waals surface area contributed by atoms with E-state index in [1.165, 1.54) is 18.2 Å². The van der Waals surface area contributed by atoms with Gasteiger partial charge < -0.3 is 15.2 Å². The summed E-state index contributed by atoms with van der Waals surface area (Å²) < 4.78 is 44.3. The van der Waals surface area contributed by atoms with Gasteiger partial charge >= 0.3 is 12.1 Å². The third-order valence-electron chi connectivity index (χ3n) is 3.72. The zero-order valence-corrected chi connectivity index (χ0v) is 14.2. The molecule has 144 valence electrons. The van der Waals surface area contributed by atoms with Gasteiger partial charge in [0, 0.05) is 6.42 Å². The fourth-order valence-corrected chi connectivity index (χ4v) is 2.47. The third-order valence-corrected chi connectivity index (χ3v) is 3.72. The number of hydrogen-bond donors (Lipinski definition) is 2. The lowest BCUT2D eigenvalue weighted by molar-refractivity contribution is -0.143. The summed E-state index contributed by atoms with van der Waals surface area (Å²) in [6.07, 6.45) is -5.10. The molecule has 1 atom stereocenters. The molecule has 0 aliphatic rings. The smallest absolute Gasteiger partial charge is 0.416 e. The van der Waals surface area contributed by atoms with Gasteiger partial charge in [-0.05, 0) is 17.2 Å². The Morgan fingerprint density at radius 1 is 1.04 bits per heavy atom. The van der Waals surface area contributed by atoms with Crippen molar-refractivity contribution in [1.29, 1.82) is 0 Å². The van der Waals surface area contributed by atoms with Gasteiger partial charge in [-0.1, -0.05) is 48.5 Å². The van der Waals surface area contributed by atoms with E-state index in [-0.39, 0.29) is 12.2 Å². The van der Waals surface area contributed by atoms with E-state index in [1.807, 2.05) is 6.07 Å². The first-order valence-electron chi connectivity index (χ1n) is 8.06. The van der Waals surface area contributed by atoms with Crippen LogP contribution in [0.3, 0.4) is 0 Å². The lowest BCUT2D eigenvalue weighted by Crippen LogP contribution is -2.44. The summed E-state index contributed by atoms with van der Waals surface area (Å²) in [6, 6.07) is 12.2. The van der Waals surface area contributed by atoms with E-state index >= 15 is 0 Å². The summed E-state index contributed by atoms with van der Waals surface area (Å²) in [7, 11) is 0. The molecular weight excluding hydrogens is 363 g/mol. The van der Waals surface area contributed by atoms with Crippen LogP contribution in [0.5, 0.6) is 0 Å².